The molecule has 0 saturated heterocycles. The van der Waals surface area contributed by atoms with E-state index in [9.17, 15) is 0 Å². The molecule has 0 unspecified atom stereocenters. The number of nitrogens with one attached hydrogen (secondary N) is 1. The molecule has 5 nitrogen and oxygen atoms in total. The van der Waals surface area contributed by atoms with Crippen LogP contribution in [-0.2, 0) is 6.54 Å². The van der Waals surface area contributed by atoms with Crippen LogP contribution < -0.4 is 10.2 Å². The van der Waals surface area contributed by atoms with Gasteiger partial charge in [-0.1, -0.05) is 6.08 Å². The molecule has 1 aromatic heterocycles. The zero-order valence-electron chi connectivity index (χ0n) is 13.0. The predicted molar refractivity (Wildman–Crippen MR) is 82.9 cm³/mol. The van der Waals surface area contributed by atoms with Gasteiger partial charge < -0.3 is 15.3 Å². The minimum absolute atomic E-state index is 0.0663. The van der Waals surface area contributed by atoms with Gasteiger partial charge in [0.15, 0.2) is 0 Å². The fourth-order valence-corrected chi connectivity index (χ4v) is 1.72. The molecule has 0 saturated carbocycles. The number of hydrogen-bond donors (Lipinski definition) is 2. The van der Waals surface area contributed by atoms with Gasteiger partial charge in [0.25, 0.3) is 0 Å². The first kappa shape index (κ1) is 16.6. The van der Waals surface area contributed by atoms with Crippen molar-refractivity contribution < 1.29 is 5.11 Å². The molecule has 0 spiro atoms. The summed E-state index contributed by atoms with van der Waals surface area (Å²) in [7, 11) is 0. The van der Waals surface area contributed by atoms with Crippen LogP contribution >= 0.6 is 0 Å². The highest BCUT2D eigenvalue weighted by Crippen LogP contribution is 2.12. The minimum atomic E-state index is 0.0663. The van der Waals surface area contributed by atoms with Crippen molar-refractivity contribution in [1.82, 2.24) is 15.3 Å². The summed E-state index contributed by atoms with van der Waals surface area (Å²) < 4.78 is 0. The molecule has 112 valence electrons. The zero-order valence-corrected chi connectivity index (χ0v) is 13.0. The van der Waals surface area contributed by atoms with Gasteiger partial charge in [-0.15, -0.1) is 6.58 Å². The maximum Gasteiger partial charge on any atom is 0.225 e. The van der Waals surface area contributed by atoms with Gasteiger partial charge in [0.1, 0.15) is 0 Å². The number of anilines is 1. The van der Waals surface area contributed by atoms with E-state index in [2.05, 4.69) is 42.6 Å². The highest BCUT2D eigenvalue weighted by Gasteiger charge is 2.12. The molecule has 5 heteroatoms. The molecule has 0 aromatic carbocycles. The normalized spacial score (nSPS) is 11.4. The van der Waals surface area contributed by atoms with Gasteiger partial charge in [0, 0.05) is 42.6 Å². The van der Waals surface area contributed by atoms with Gasteiger partial charge in [-0.3, -0.25) is 0 Å². The molecule has 0 radical (unpaired) electrons. The molecule has 1 heterocycles. The molecule has 0 aliphatic rings. The van der Waals surface area contributed by atoms with Gasteiger partial charge in [0.2, 0.25) is 5.95 Å². The molecular weight excluding hydrogens is 252 g/mol. The van der Waals surface area contributed by atoms with E-state index < -0.39 is 0 Å². The molecule has 1 rings (SSSR count). The summed E-state index contributed by atoms with van der Waals surface area (Å²) in [5.41, 5.74) is 2.11. The summed E-state index contributed by atoms with van der Waals surface area (Å²) >= 11 is 0. The molecular formula is C15H26N4O. The maximum absolute atomic E-state index is 9.08. The SMILES string of the molecule is C=CCN(CCO)c1ncc(CNC(C)(C)C)c(C)n1. The van der Waals surface area contributed by atoms with Crippen LogP contribution in [0.3, 0.4) is 0 Å². The van der Waals surface area contributed by atoms with Crippen molar-refractivity contribution in [2.45, 2.75) is 39.8 Å². The van der Waals surface area contributed by atoms with E-state index in [1.54, 1.807) is 6.08 Å². The van der Waals surface area contributed by atoms with E-state index >= 15 is 0 Å². The lowest BCUT2D eigenvalue weighted by atomic mass is 10.1. The first-order valence-electron chi connectivity index (χ1n) is 6.91. The average molecular weight is 278 g/mol. The van der Waals surface area contributed by atoms with Crippen molar-refractivity contribution in [2.24, 2.45) is 0 Å². The number of aromatic nitrogens is 2. The minimum Gasteiger partial charge on any atom is -0.395 e. The summed E-state index contributed by atoms with van der Waals surface area (Å²) in [6, 6.07) is 0. The van der Waals surface area contributed by atoms with Crippen LogP contribution in [-0.4, -0.2) is 40.3 Å². The lowest BCUT2D eigenvalue weighted by Crippen LogP contribution is -2.35. The Morgan fingerprint density at radius 1 is 1.45 bits per heavy atom. The van der Waals surface area contributed by atoms with E-state index in [0.29, 0.717) is 19.0 Å². The van der Waals surface area contributed by atoms with Gasteiger partial charge >= 0.3 is 0 Å². The van der Waals surface area contributed by atoms with Crippen LogP contribution in [0.15, 0.2) is 18.9 Å². The third kappa shape index (κ3) is 5.27. The molecule has 0 bridgehead atoms. The van der Waals surface area contributed by atoms with E-state index in [1.165, 1.54) is 0 Å². The maximum atomic E-state index is 9.08. The topological polar surface area (TPSA) is 61.3 Å². The van der Waals surface area contributed by atoms with Crippen LogP contribution in [0.5, 0.6) is 0 Å². The van der Waals surface area contributed by atoms with Gasteiger partial charge in [0.05, 0.1) is 6.61 Å². The molecule has 20 heavy (non-hydrogen) atoms. The van der Waals surface area contributed by atoms with Crippen LogP contribution in [0, 0.1) is 6.92 Å². The van der Waals surface area contributed by atoms with Crippen molar-refractivity contribution in [1.29, 1.82) is 0 Å². The Labute approximate surface area is 121 Å². The van der Waals surface area contributed by atoms with Crippen molar-refractivity contribution in [3.05, 3.63) is 30.1 Å². The fraction of sp³-hybridized carbons (Fsp3) is 0.600. The van der Waals surface area contributed by atoms with Crippen LogP contribution in [0.2, 0.25) is 0 Å². The van der Waals surface area contributed by atoms with Crippen LogP contribution in [0.4, 0.5) is 5.95 Å². The second kappa shape index (κ2) is 7.36. The number of aliphatic hydroxyl groups is 1. The lowest BCUT2D eigenvalue weighted by Gasteiger charge is -2.23. The predicted octanol–water partition coefficient (Wildman–Crippen LogP) is 1.66. The van der Waals surface area contributed by atoms with Crippen molar-refractivity contribution >= 4 is 5.95 Å². The van der Waals surface area contributed by atoms with Gasteiger partial charge in [-0.25, -0.2) is 9.97 Å². The first-order valence-corrected chi connectivity index (χ1v) is 6.91. The summed E-state index contributed by atoms with van der Waals surface area (Å²) in [5, 5.41) is 12.5. The molecule has 0 aliphatic carbocycles. The molecule has 1 aromatic rings. The lowest BCUT2D eigenvalue weighted by molar-refractivity contribution is 0.302. The molecule has 0 fully saturated rings. The van der Waals surface area contributed by atoms with Crippen molar-refractivity contribution in [3.8, 4) is 0 Å². The van der Waals surface area contributed by atoms with E-state index in [4.69, 9.17) is 5.11 Å². The van der Waals surface area contributed by atoms with Crippen LogP contribution in [0.1, 0.15) is 32.0 Å². The average Bonchev–Trinajstić information content (AvgIpc) is 2.36. The van der Waals surface area contributed by atoms with Gasteiger partial charge in [-0.05, 0) is 27.7 Å². The summed E-state index contributed by atoms with van der Waals surface area (Å²) in [6.45, 7) is 14.0. The van der Waals surface area contributed by atoms with E-state index in [0.717, 1.165) is 17.8 Å². The first-order chi connectivity index (χ1) is 9.37. The monoisotopic (exact) mass is 278 g/mol. The Bertz CT molecular complexity index is 440. The molecule has 0 aliphatic heterocycles. The van der Waals surface area contributed by atoms with E-state index in [-0.39, 0.29) is 12.1 Å². The standard InChI is InChI=1S/C15H26N4O/c1-6-7-19(8-9-20)14-16-10-13(12(2)18-14)11-17-15(3,4)5/h6,10,17,20H,1,7-9,11H2,2-5H3. The zero-order chi connectivity index (χ0) is 15.2. The number of aryl methyl sites for hydroxylation is 1. The van der Waals surface area contributed by atoms with Crippen molar-refractivity contribution in [3.63, 3.8) is 0 Å². The van der Waals surface area contributed by atoms with Crippen LogP contribution in [0.25, 0.3) is 0 Å². The van der Waals surface area contributed by atoms with E-state index in [1.807, 2.05) is 18.0 Å². The second-order valence-electron chi connectivity index (χ2n) is 5.84. The number of rotatable bonds is 7. The number of hydrogen-bond acceptors (Lipinski definition) is 5. The smallest absolute Gasteiger partial charge is 0.225 e. The Hall–Kier alpha value is -1.46. The molecule has 0 atom stereocenters. The summed E-state index contributed by atoms with van der Waals surface area (Å²) in [4.78, 5) is 10.8. The Balaban J connectivity index is 2.82. The highest BCUT2D eigenvalue weighted by molar-refractivity contribution is 5.33. The third-order valence-electron chi connectivity index (χ3n) is 2.88. The Kier molecular flexibility index (Phi) is 6.10. The third-order valence-corrected chi connectivity index (χ3v) is 2.88. The summed E-state index contributed by atoms with van der Waals surface area (Å²) in [5.74, 6) is 0.635. The molecule has 2 N–H and O–H groups in total. The number of nitrogens with zero attached hydrogens (tertiary/aromatic N) is 3. The van der Waals surface area contributed by atoms with Crippen molar-refractivity contribution in [2.75, 3.05) is 24.6 Å². The highest BCUT2D eigenvalue weighted by atomic mass is 16.3. The molecule has 0 amide bonds. The Morgan fingerprint density at radius 2 is 2.15 bits per heavy atom. The summed E-state index contributed by atoms with van der Waals surface area (Å²) in [6.07, 6.45) is 3.63. The van der Waals surface area contributed by atoms with Gasteiger partial charge in [-0.2, -0.15) is 0 Å². The number of aliphatic hydroxyl groups excluding tert-OH is 1. The Morgan fingerprint density at radius 3 is 2.65 bits per heavy atom. The second-order valence-corrected chi connectivity index (χ2v) is 5.84. The quantitative estimate of drug-likeness (QED) is 0.743. The fourth-order valence-electron chi connectivity index (χ4n) is 1.72. The largest absolute Gasteiger partial charge is 0.395 e.